The van der Waals surface area contributed by atoms with Crippen molar-refractivity contribution in [1.29, 1.82) is 0 Å². The molecule has 0 fully saturated rings. The van der Waals surface area contributed by atoms with E-state index in [1.54, 1.807) is 30.5 Å². The summed E-state index contributed by atoms with van der Waals surface area (Å²) in [6.07, 6.45) is 1.69. The molecule has 4 rings (SSSR count). The molecule has 0 saturated carbocycles. The van der Waals surface area contributed by atoms with Crippen LogP contribution in [0.15, 0.2) is 54.7 Å². The van der Waals surface area contributed by atoms with E-state index < -0.39 is 23.8 Å². The molecule has 11 nitrogen and oxygen atoms in total. The van der Waals surface area contributed by atoms with Gasteiger partial charge in [0.25, 0.3) is 11.8 Å². The van der Waals surface area contributed by atoms with Gasteiger partial charge in [0.05, 0.1) is 19.4 Å². The average molecular weight is 523 g/mol. The Balaban J connectivity index is 1.92. The second-order valence-corrected chi connectivity index (χ2v) is 8.76. The second-order valence-electron chi connectivity index (χ2n) is 7.99. The molecule has 0 aliphatic heterocycles. The van der Waals surface area contributed by atoms with Gasteiger partial charge in [0.1, 0.15) is 16.7 Å². The Hall–Kier alpha value is -4.42. The van der Waals surface area contributed by atoms with E-state index in [2.05, 4.69) is 14.7 Å². The Morgan fingerprint density at radius 2 is 1.95 bits per heavy atom. The van der Waals surface area contributed by atoms with Crippen molar-refractivity contribution >= 4 is 51.5 Å². The Morgan fingerprint density at radius 3 is 2.65 bits per heavy atom. The number of amides is 3. The highest BCUT2D eigenvalue weighted by Crippen LogP contribution is 2.36. The van der Waals surface area contributed by atoms with Gasteiger partial charge in [-0.25, -0.2) is 0 Å². The number of H-pyrrole nitrogens is 1. The molecule has 4 aromatic rings. The molecule has 0 unspecified atom stereocenters. The van der Waals surface area contributed by atoms with Crippen LogP contribution < -0.4 is 26.4 Å². The molecule has 0 saturated heterocycles. The average Bonchev–Trinajstić information content (AvgIpc) is 3.50. The minimum atomic E-state index is -1.13. The topological polar surface area (TPSA) is 166 Å². The van der Waals surface area contributed by atoms with E-state index in [1.807, 2.05) is 24.3 Å². The van der Waals surface area contributed by atoms with Gasteiger partial charge in [-0.05, 0) is 29.7 Å². The fraction of sp³-hybridized carbons (Fsp3) is 0.200. The fourth-order valence-electron chi connectivity index (χ4n) is 3.97. The third-order valence-electron chi connectivity index (χ3n) is 5.73. The molecule has 12 heteroatoms. The number of aromatic nitrogens is 2. The lowest BCUT2D eigenvalue weighted by Gasteiger charge is -2.31. The molecular weight excluding hydrogens is 496 g/mol. The number of nitrogens with zero attached hydrogens (tertiary/aromatic N) is 2. The minimum Gasteiger partial charge on any atom is -0.497 e. The van der Waals surface area contributed by atoms with Crippen LogP contribution in [0.3, 0.4) is 0 Å². The van der Waals surface area contributed by atoms with Gasteiger partial charge in [0.15, 0.2) is 5.69 Å². The van der Waals surface area contributed by atoms with Crippen LogP contribution in [-0.2, 0) is 9.53 Å². The molecule has 0 aliphatic carbocycles. The smallest absolute Gasteiger partial charge is 0.273 e. The van der Waals surface area contributed by atoms with E-state index in [9.17, 15) is 14.4 Å². The summed E-state index contributed by atoms with van der Waals surface area (Å²) < 4.78 is 14.4. The van der Waals surface area contributed by atoms with Crippen molar-refractivity contribution in [3.8, 4) is 5.75 Å². The highest BCUT2D eigenvalue weighted by Gasteiger charge is 2.37. The van der Waals surface area contributed by atoms with Crippen LogP contribution >= 0.6 is 11.5 Å². The van der Waals surface area contributed by atoms with Gasteiger partial charge < -0.3 is 31.2 Å². The molecule has 2 heterocycles. The van der Waals surface area contributed by atoms with E-state index in [0.717, 1.165) is 22.4 Å². The Bertz CT molecular complexity index is 1450. The van der Waals surface area contributed by atoms with Crippen molar-refractivity contribution < 1.29 is 23.9 Å². The normalized spacial score (nSPS) is 11.7. The van der Waals surface area contributed by atoms with Crippen molar-refractivity contribution in [2.75, 3.05) is 38.0 Å². The first-order valence-corrected chi connectivity index (χ1v) is 12.0. The lowest BCUT2D eigenvalue weighted by atomic mass is 10.0. The SMILES string of the molecule is COCCNC(=O)[C@@H](c1c[nH]c2ccccc12)N(C(=O)c1snc(C(N)=O)c1N)c1cccc(OC)c1. The van der Waals surface area contributed by atoms with E-state index in [0.29, 0.717) is 17.0 Å². The molecule has 2 aromatic heterocycles. The molecule has 3 amide bonds. The zero-order chi connectivity index (χ0) is 26.5. The second kappa shape index (κ2) is 11.1. The summed E-state index contributed by atoms with van der Waals surface area (Å²) >= 11 is 0.739. The summed E-state index contributed by atoms with van der Waals surface area (Å²) in [5.41, 5.74) is 12.9. The third kappa shape index (κ3) is 5.10. The first-order valence-electron chi connectivity index (χ1n) is 11.2. The summed E-state index contributed by atoms with van der Waals surface area (Å²) in [6.45, 7) is 0.506. The molecular formula is C25H26N6O5S. The van der Waals surface area contributed by atoms with Gasteiger partial charge in [-0.15, -0.1) is 0 Å². The van der Waals surface area contributed by atoms with Gasteiger partial charge in [-0.2, -0.15) is 4.37 Å². The number of aromatic amines is 1. The summed E-state index contributed by atoms with van der Waals surface area (Å²) in [7, 11) is 3.03. The quantitative estimate of drug-likeness (QED) is 0.232. The Labute approximate surface area is 216 Å². The number of rotatable bonds is 10. The van der Waals surface area contributed by atoms with E-state index >= 15 is 0 Å². The van der Waals surface area contributed by atoms with E-state index in [-0.39, 0.29) is 29.4 Å². The van der Waals surface area contributed by atoms with Crippen LogP contribution in [0, 0.1) is 0 Å². The lowest BCUT2D eigenvalue weighted by Crippen LogP contribution is -2.44. The number of nitrogen functional groups attached to an aromatic ring is 1. The summed E-state index contributed by atoms with van der Waals surface area (Å²) in [6, 6.07) is 13.0. The highest BCUT2D eigenvalue weighted by molar-refractivity contribution is 7.09. The first-order chi connectivity index (χ1) is 17.9. The van der Waals surface area contributed by atoms with Crippen LogP contribution in [0.25, 0.3) is 10.9 Å². The maximum absolute atomic E-state index is 14.1. The molecule has 2 aromatic carbocycles. The number of anilines is 2. The standard InChI is InChI=1S/C25H26N6O5S/c1-35-11-10-28-24(33)21(17-13-29-18-9-4-3-8-16(17)18)31(14-6-5-7-15(12-14)36-2)25(34)22-19(26)20(23(27)32)30-37-22/h3-9,12-13,21,29H,10-11,26H2,1-2H3,(H2,27,32)(H,28,33)/t21-/m1/s1. The molecule has 37 heavy (non-hydrogen) atoms. The maximum Gasteiger partial charge on any atom is 0.273 e. The predicted octanol–water partition coefficient (Wildman–Crippen LogP) is 2.46. The number of benzene rings is 2. The zero-order valence-corrected chi connectivity index (χ0v) is 21.0. The predicted molar refractivity (Wildman–Crippen MR) is 141 cm³/mol. The lowest BCUT2D eigenvalue weighted by molar-refractivity contribution is -0.122. The third-order valence-corrected chi connectivity index (χ3v) is 6.58. The minimum absolute atomic E-state index is 0.0221. The number of hydrogen-bond acceptors (Lipinski definition) is 8. The largest absolute Gasteiger partial charge is 0.497 e. The number of carbonyl (C=O) groups excluding carboxylic acids is 3. The molecule has 0 spiro atoms. The van der Waals surface area contributed by atoms with Crippen LogP contribution in [0.2, 0.25) is 0 Å². The number of para-hydroxylation sites is 1. The number of fused-ring (bicyclic) bond motifs is 1. The van der Waals surface area contributed by atoms with E-state index in [4.69, 9.17) is 20.9 Å². The van der Waals surface area contributed by atoms with Crippen LogP contribution in [0.1, 0.15) is 31.8 Å². The number of primary amides is 1. The zero-order valence-electron chi connectivity index (χ0n) is 20.2. The van der Waals surface area contributed by atoms with Gasteiger partial charge in [-0.3, -0.25) is 19.3 Å². The number of carbonyl (C=O) groups is 3. The highest BCUT2D eigenvalue weighted by atomic mass is 32.1. The molecule has 0 radical (unpaired) electrons. The van der Waals surface area contributed by atoms with Gasteiger partial charge in [0.2, 0.25) is 5.91 Å². The summed E-state index contributed by atoms with van der Waals surface area (Å²) in [5.74, 6) is -1.46. The van der Waals surface area contributed by atoms with Crippen LogP contribution in [0.4, 0.5) is 11.4 Å². The van der Waals surface area contributed by atoms with Crippen molar-refractivity contribution in [2.24, 2.45) is 5.73 Å². The van der Waals surface area contributed by atoms with E-state index in [1.165, 1.54) is 19.1 Å². The summed E-state index contributed by atoms with van der Waals surface area (Å²) in [4.78, 5) is 44.1. The number of methoxy groups -OCH3 is 2. The van der Waals surface area contributed by atoms with Crippen LogP contribution in [-0.4, -0.2) is 54.5 Å². The summed E-state index contributed by atoms with van der Waals surface area (Å²) in [5, 5.41) is 3.59. The number of nitrogens with one attached hydrogen (secondary N) is 2. The van der Waals surface area contributed by atoms with Crippen molar-refractivity contribution in [1.82, 2.24) is 14.7 Å². The van der Waals surface area contributed by atoms with Gasteiger partial charge in [-0.1, -0.05) is 24.3 Å². The molecule has 1 atom stereocenters. The Kier molecular flexibility index (Phi) is 7.70. The maximum atomic E-state index is 14.1. The van der Waals surface area contributed by atoms with Crippen LogP contribution in [0.5, 0.6) is 5.75 Å². The number of nitrogens with two attached hydrogens (primary N) is 2. The molecule has 6 N–H and O–H groups in total. The molecule has 0 aliphatic rings. The van der Waals surface area contributed by atoms with Crippen molar-refractivity contribution in [3.63, 3.8) is 0 Å². The fourth-order valence-corrected chi connectivity index (χ4v) is 4.72. The molecule has 192 valence electrons. The van der Waals surface area contributed by atoms with Gasteiger partial charge >= 0.3 is 0 Å². The number of ether oxygens (including phenoxy) is 2. The van der Waals surface area contributed by atoms with Crippen molar-refractivity contribution in [2.45, 2.75) is 6.04 Å². The van der Waals surface area contributed by atoms with Crippen molar-refractivity contribution in [3.05, 3.63) is 70.9 Å². The first kappa shape index (κ1) is 25.7. The Morgan fingerprint density at radius 1 is 1.16 bits per heavy atom. The van der Waals surface area contributed by atoms with Gasteiger partial charge in [0, 0.05) is 48.1 Å². The monoisotopic (exact) mass is 522 g/mol. The molecule has 0 bridgehead atoms. The number of hydrogen-bond donors (Lipinski definition) is 4.